The Morgan fingerprint density at radius 2 is 1.90 bits per heavy atom. The van der Waals surface area contributed by atoms with Gasteiger partial charge in [0.2, 0.25) is 5.91 Å². The van der Waals surface area contributed by atoms with E-state index in [2.05, 4.69) is 24.3 Å². The second-order valence-corrected chi connectivity index (χ2v) is 5.83. The largest absolute Gasteiger partial charge is 0.383 e. The Balaban J connectivity index is 1.79. The zero-order chi connectivity index (χ0) is 14.1. The summed E-state index contributed by atoms with van der Waals surface area (Å²) in [5, 5.41) is 0. The van der Waals surface area contributed by atoms with E-state index in [0.717, 1.165) is 11.5 Å². The van der Waals surface area contributed by atoms with E-state index in [0.29, 0.717) is 19.6 Å². The second-order valence-electron chi connectivity index (χ2n) is 5.83. The lowest BCUT2D eigenvalue weighted by Gasteiger charge is -2.27. The first-order valence-electron chi connectivity index (χ1n) is 7.34. The number of nitrogens with zero attached hydrogens (tertiary/aromatic N) is 1. The van der Waals surface area contributed by atoms with Crippen molar-refractivity contribution in [3.05, 3.63) is 35.4 Å². The maximum atomic E-state index is 12.0. The molecule has 3 rings (SSSR count). The zero-order valence-corrected chi connectivity index (χ0v) is 11.9. The molecule has 2 aliphatic rings. The first kappa shape index (κ1) is 13.6. The molecule has 1 aromatic rings. The van der Waals surface area contributed by atoms with Crippen molar-refractivity contribution >= 4 is 5.91 Å². The fourth-order valence-corrected chi connectivity index (χ4v) is 3.08. The van der Waals surface area contributed by atoms with Gasteiger partial charge in [0.25, 0.3) is 0 Å². The standard InChI is InChI=1S/C16H22N2O2/c1-20-9-8-18-15(19)10-14(17)16(18)13-6-4-12(5-7-13)11-2-3-11/h4-7,11,14,16H,2-3,8-10,17H2,1H3. The quantitative estimate of drug-likeness (QED) is 0.891. The zero-order valence-electron chi connectivity index (χ0n) is 11.9. The predicted octanol–water partition coefficient (Wildman–Crippen LogP) is 1.81. The molecule has 4 heteroatoms. The highest BCUT2D eigenvalue weighted by Gasteiger charge is 2.38. The molecule has 1 saturated heterocycles. The molecule has 2 N–H and O–H groups in total. The number of nitrogens with two attached hydrogens (primary N) is 1. The fraction of sp³-hybridized carbons (Fsp3) is 0.562. The maximum absolute atomic E-state index is 12.0. The predicted molar refractivity (Wildman–Crippen MR) is 77.3 cm³/mol. The van der Waals surface area contributed by atoms with Crippen LogP contribution in [0.5, 0.6) is 0 Å². The number of rotatable bonds is 5. The molecule has 0 spiro atoms. The van der Waals surface area contributed by atoms with Gasteiger partial charge < -0.3 is 15.4 Å². The van der Waals surface area contributed by atoms with E-state index in [4.69, 9.17) is 10.5 Å². The lowest BCUT2D eigenvalue weighted by molar-refractivity contribution is -0.129. The van der Waals surface area contributed by atoms with Gasteiger partial charge in [-0.1, -0.05) is 24.3 Å². The first-order valence-corrected chi connectivity index (χ1v) is 7.34. The Morgan fingerprint density at radius 1 is 1.25 bits per heavy atom. The van der Waals surface area contributed by atoms with Crippen LogP contribution in [0.3, 0.4) is 0 Å². The van der Waals surface area contributed by atoms with Crippen LogP contribution in [-0.4, -0.2) is 37.1 Å². The molecule has 0 aromatic heterocycles. The van der Waals surface area contributed by atoms with Gasteiger partial charge in [0.1, 0.15) is 0 Å². The highest BCUT2D eigenvalue weighted by molar-refractivity contribution is 5.80. The Morgan fingerprint density at radius 3 is 2.50 bits per heavy atom. The number of ether oxygens (including phenoxy) is 1. The summed E-state index contributed by atoms with van der Waals surface area (Å²) in [6, 6.07) is 8.53. The van der Waals surface area contributed by atoms with Gasteiger partial charge in [0, 0.05) is 26.1 Å². The highest BCUT2D eigenvalue weighted by Crippen LogP contribution is 2.41. The Labute approximate surface area is 119 Å². The minimum Gasteiger partial charge on any atom is -0.383 e. The summed E-state index contributed by atoms with van der Waals surface area (Å²) < 4.78 is 5.10. The second kappa shape index (κ2) is 5.54. The van der Waals surface area contributed by atoms with Crippen molar-refractivity contribution in [1.29, 1.82) is 0 Å². The smallest absolute Gasteiger partial charge is 0.224 e. The van der Waals surface area contributed by atoms with E-state index in [1.54, 1.807) is 7.11 Å². The molecule has 108 valence electrons. The molecule has 2 unspecified atom stereocenters. The number of methoxy groups -OCH3 is 1. The molecule has 2 atom stereocenters. The number of carbonyl (C=O) groups excluding carboxylic acids is 1. The van der Waals surface area contributed by atoms with Crippen molar-refractivity contribution in [2.75, 3.05) is 20.3 Å². The molecule has 1 aliphatic carbocycles. The van der Waals surface area contributed by atoms with Crippen LogP contribution < -0.4 is 5.73 Å². The van der Waals surface area contributed by atoms with Gasteiger partial charge in [-0.15, -0.1) is 0 Å². The average Bonchev–Trinajstić information content (AvgIpc) is 3.24. The van der Waals surface area contributed by atoms with Crippen LogP contribution in [0.25, 0.3) is 0 Å². The van der Waals surface area contributed by atoms with Crippen LogP contribution in [0.2, 0.25) is 0 Å². The van der Waals surface area contributed by atoms with Crippen LogP contribution in [0.15, 0.2) is 24.3 Å². The topological polar surface area (TPSA) is 55.6 Å². The number of hydrogen-bond donors (Lipinski definition) is 1. The molecule has 1 aliphatic heterocycles. The summed E-state index contributed by atoms with van der Waals surface area (Å²) in [6.45, 7) is 1.16. The van der Waals surface area contributed by atoms with E-state index in [9.17, 15) is 4.79 Å². The molecule has 1 amide bonds. The summed E-state index contributed by atoms with van der Waals surface area (Å²) >= 11 is 0. The molecule has 1 aromatic carbocycles. The van der Waals surface area contributed by atoms with E-state index < -0.39 is 0 Å². The molecule has 1 heterocycles. The van der Waals surface area contributed by atoms with Crippen LogP contribution in [0.1, 0.15) is 42.3 Å². The molecule has 0 bridgehead atoms. The van der Waals surface area contributed by atoms with Crippen molar-refractivity contribution in [3.63, 3.8) is 0 Å². The Kier molecular flexibility index (Phi) is 3.76. The monoisotopic (exact) mass is 274 g/mol. The van der Waals surface area contributed by atoms with Crippen LogP contribution in [-0.2, 0) is 9.53 Å². The number of amides is 1. The van der Waals surface area contributed by atoms with E-state index >= 15 is 0 Å². The normalized spacial score (nSPS) is 26.3. The van der Waals surface area contributed by atoms with Crippen molar-refractivity contribution in [3.8, 4) is 0 Å². The van der Waals surface area contributed by atoms with Crippen molar-refractivity contribution in [2.45, 2.75) is 37.3 Å². The Hall–Kier alpha value is -1.39. The first-order chi connectivity index (χ1) is 9.70. The summed E-state index contributed by atoms with van der Waals surface area (Å²) in [6.07, 6.45) is 3.04. The van der Waals surface area contributed by atoms with Crippen molar-refractivity contribution in [2.24, 2.45) is 5.73 Å². The van der Waals surface area contributed by atoms with Gasteiger partial charge in [-0.3, -0.25) is 4.79 Å². The third-order valence-corrected chi connectivity index (χ3v) is 4.34. The molecule has 20 heavy (non-hydrogen) atoms. The highest BCUT2D eigenvalue weighted by atomic mass is 16.5. The molecular formula is C16H22N2O2. The number of hydrogen-bond acceptors (Lipinski definition) is 3. The molecule has 2 fully saturated rings. The summed E-state index contributed by atoms with van der Waals surface area (Å²) in [5.41, 5.74) is 8.73. The lowest BCUT2D eigenvalue weighted by atomic mass is 9.98. The number of carbonyl (C=O) groups is 1. The summed E-state index contributed by atoms with van der Waals surface area (Å²) in [7, 11) is 1.65. The third-order valence-electron chi connectivity index (χ3n) is 4.34. The van der Waals surface area contributed by atoms with Gasteiger partial charge in [0.15, 0.2) is 0 Å². The van der Waals surface area contributed by atoms with Crippen LogP contribution >= 0.6 is 0 Å². The minimum atomic E-state index is -0.119. The fourth-order valence-electron chi connectivity index (χ4n) is 3.08. The molecular weight excluding hydrogens is 252 g/mol. The maximum Gasteiger partial charge on any atom is 0.224 e. The minimum absolute atomic E-state index is 0.00842. The lowest BCUT2D eigenvalue weighted by Crippen LogP contribution is -2.35. The molecule has 1 saturated carbocycles. The van der Waals surface area contributed by atoms with Gasteiger partial charge in [-0.2, -0.15) is 0 Å². The molecule has 4 nitrogen and oxygen atoms in total. The van der Waals surface area contributed by atoms with E-state index in [-0.39, 0.29) is 18.0 Å². The summed E-state index contributed by atoms with van der Waals surface area (Å²) in [4.78, 5) is 13.9. The summed E-state index contributed by atoms with van der Waals surface area (Å²) in [5.74, 6) is 0.887. The van der Waals surface area contributed by atoms with Crippen LogP contribution in [0, 0.1) is 0 Å². The van der Waals surface area contributed by atoms with Crippen molar-refractivity contribution in [1.82, 2.24) is 4.90 Å². The number of likely N-dealkylation sites (tertiary alicyclic amines) is 1. The van der Waals surface area contributed by atoms with Gasteiger partial charge >= 0.3 is 0 Å². The van der Waals surface area contributed by atoms with Crippen molar-refractivity contribution < 1.29 is 9.53 Å². The van der Waals surface area contributed by atoms with Gasteiger partial charge in [0.05, 0.1) is 12.6 Å². The average molecular weight is 274 g/mol. The van der Waals surface area contributed by atoms with Gasteiger partial charge in [-0.05, 0) is 29.9 Å². The van der Waals surface area contributed by atoms with E-state index in [1.807, 2.05) is 4.90 Å². The van der Waals surface area contributed by atoms with Crippen LogP contribution in [0.4, 0.5) is 0 Å². The SMILES string of the molecule is COCCN1C(=O)CC(N)C1c1ccc(C2CC2)cc1. The van der Waals surface area contributed by atoms with E-state index in [1.165, 1.54) is 18.4 Å². The Bertz CT molecular complexity index is 482. The molecule has 0 radical (unpaired) electrons. The number of benzene rings is 1. The van der Waals surface area contributed by atoms with Gasteiger partial charge in [-0.25, -0.2) is 0 Å². The third kappa shape index (κ3) is 2.58.